The largest absolute Gasteiger partial charge is 0.462 e. The van der Waals surface area contributed by atoms with E-state index < -0.39 is 5.54 Å². The number of aryl methyl sites for hydroxylation is 1. The zero-order chi connectivity index (χ0) is 22.1. The predicted molar refractivity (Wildman–Crippen MR) is 124 cm³/mol. The van der Waals surface area contributed by atoms with Crippen LogP contribution in [0.25, 0.3) is 5.76 Å². The third-order valence-corrected chi connectivity index (χ3v) is 6.15. The van der Waals surface area contributed by atoms with Crippen LogP contribution in [0.15, 0.2) is 90.5 Å². The van der Waals surface area contributed by atoms with Crippen LogP contribution < -0.4 is 4.90 Å². The van der Waals surface area contributed by atoms with Crippen LogP contribution in [0.5, 0.6) is 0 Å². The minimum atomic E-state index is -0.774. The third-order valence-electron chi connectivity index (χ3n) is 6.15. The summed E-state index contributed by atoms with van der Waals surface area (Å²) in [6.45, 7) is 5.31. The lowest BCUT2D eigenvalue weighted by molar-refractivity contribution is -0.142. The molecule has 32 heavy (non-hydrogen) atoms. The lowest BCUT2D eigenvalue weighted by atomic mass is 9.81. The van der Waals surface area contributed by atoms with Gasteiger partial charge in [-0.15, -0.1) is 5.06 Å². The summed E-state index contributed by atoms with van der Waals surface area (Å²) in [7, 11) is 0. The first-order valence-electron chi connectivity index (χ1n) is 10.9. The number of hydrogen-bond donors (Lipinski definition) is 0. The number of hydrogen-bond acceptors (Lipinski definition) is 5. The van der Waals surface area contributed by atoms with E-state index in [2.05, 4.69) is 48.2 Å². The maximum absolute atomic E-state index is 13.4. The van der Waals surface area contributed by atoms with Crippen LogP contribution in [0.1, 0.15) is 23.6 Å². The Kier molecular flexibility index (Phi) is 5.19. The molecular weight excluding hydrogens is 400 g/mol. The number of anilines is 1. The predicted octanol–water partition coefficient (Wildman–Crippen LogP) is 4.89. The molecule has 5 rings (SSSR count). The maximum atomic E-state index is 13.4. The Hall–Kier alpha value is -3.57. The van der Waals surface area contributed by atoms with Crippen molar-refractivity contribution in [3.8, 4) is 0 Å². The summed E-state index contributed by atoms with van der Waals surface area (Å²) in [5.74, 6) is 0.222. The highest BCUT2D eigenvalue weighted by molar-refractivity contribution is 6.00. The van der Waals surface area contributed by atoms with Crippen molar-refractivity contribution in [2.45, 2.75) is 19.4 Å². The summed E-state index contributed by atoms with van der Waals surface area (Å²) in [5, 5.41) is 1.93. The average Bonchev–Trinajstić information content (AvgIpc) is 3.35. The second-order valence-electron chi connectivity index (χ2n) is 8.16. The van der Waals surface area contributed by atoms with Crippen molar-refractivity contribution >= 4 is 17.4 Å². The van der Waals surface area contributed by atoms with Crippen LogP contribution in [0.2, 0.25) is 0 Å². The molecule has 1 fully saturated rings. The summed E-state index contributed by atoms with van der Waals surface area (Å²) in [5.41, 5.74) is 3.94. The first-order chi connectivity index (χ1) is 15.6. The molecule has 0 radical (unpaired) electrons. The molecule has 3 aromatic rings. The van der Waals surface area contributed by atoms with Crippen molar-refractivity contribution in [3.05, 3.63) is 107 Å². The molecule has 1 atom stereocenters. The van der Waals surface area contributed by atoms with Crippen molar-refractivity contribution in [3.63, 3.8) is 0 Å². The van der Waals surface area contributed by atoms with Gasteiger partial charge in [0, 0.05) is 17.8 Å². The van der Waals surface area contributed by atoms with E-state index in [1.165, 1.54) is 5.56 Å². The molecule has 2 aliphatic heterocycles. The minimum absolute atomic E-state index is 0.303. The number of benzene rings is 3. The molecule has 0 N–H and O–H groups in total. The molecule has 0 aromatic heterocycles. The van der Waals surface area contributed by atoms with Crippen LogP contribution in [-0.4, -0.2) is 30.9 Å². The van der Waals surface area contributed by atoms with Gasteiger partial charge < -0.3 is 14.5 Å². The smallest absolute Gasteiger partial charge is 0.340 e. The summed E-state index contributed by atoms with van der Waals surface area (Å²) in [4.78, 5) is 22.1. The molecule has 5 heteroatoms. The standard InChI is InChI=1S/C27H26N2O3/c1-3-31-26(30)24-25(21-10-6-4-7-11-21)32-29-19-28(23-16-14-20(2)15-17-23)18-27(24,29)22-12-8-5-9-13-22/h4-17H,3,18-19H2,1-2H3. The fraction of sp³-hybridized carbons (Fsp3) is 0.222. The molecule has 2 aliphatic rings. The van der Waals surface area contributed by atoms with E-state index in [4.69, 9.17) is 9.57 Å². The number of rotatable bonds is 5. The van der Waals surface area contributed by atoms with Crippen molar-refractivity contribution < 1.29 is 14.4 Å². The Labute approximate surface area is 188 Å². The van der Waals surface area contributed by atoms with Gasteiger partial charge in [-0.2, -0.15) is 0 Å². The molecule has 0 amide bonds. The monoisotopic (exact) mass is 426 g/mol. The van der Waals surface area contributed by atoms with Crippen LogP contribution in [0, 0.1) is 6.92 Å². The van der Waals surface area contributed by atoms with E-state index in [9.17, 15) is 4.79 Å². The summed E-state index contributed by atoms with van der Waals surface area (Å²) in [6, 6.07) is 28.3. The zero-order valence-electron chi connectivity index (χ0n) is 18.3. The Morgan fingerprint density at radius 3 is 2.28 bits per heavy atom. The fourth-order valence-corrected chi connectivity index (χ4v) is 4.61. The molecule has 162 valence electrons. The van der Waals surface area contributed by atoms with Gasteiger partial charge in [-0.25, -0.2) is 4.79 Å². The second-order valence-corrected chi connectivity index (χ2v) is 8.16. The number of carbonyl (C=O) groups excluding carboxylic acids is 1. The number of ether oxygens (including phenoxy) is 1. The van der Waals surface area contributed by atoms with Crippen LogP contribution in [-0.2, 0) is 19.9 Å². The van der Waals surface area contributed by atoms with Gasteiger partial charge in [0.1, 0.15) is 17.8 Å². The van der Waals surface area contributed by atoms with Gasteiger partial charge in [0.2, 0.25) is 0 Å². The molecule has 2 heterocycles. The molecule has 3 aromatic carbocycles. The molecule has 0 bridgehead atoms. The molecule has 1 unspecified atom stereocenters. The maximum Gasteiger partial charge on any atom is 0.340 e. The van der Waals surface area contributed by atoms with Crippen LogP contribution in [0.3, 0.4) is 0 Å². The van der Waals surface area contributed by atoms with Gasteiger partial charge in [-0.05, 0) is 31.5 Å². The zero-order valence-corrected chi connectivity index (χ0v) is 18.3. The molecule has 0 spiro atoms. The molecule has 0 aliphatic carbocycles. The Balaban J connectivity index is 1.69. The lowest BCUT2D eigenvalue weighted by Gasteiger charge is -2.30. The van der Waals surface area contributed by atoms with Crippen LogP contribution >= 0.6 is 0 Å². The number of nitrogens with zero attached hydrogens (tertiary/aromatic N) is 2. The lowest BCUT2D eigenvalue weighted by Crippen LogP contribution is -2.42. The molecule has 0 saturated carbocycles. The van der Waals surface area contributed by atoms with E-state index in [0.29, 0.717) is 31.2 Å². The SMILES string of the molecule is CCOC(=O)C1=C(c2ccccc2)ON2CN(c3ccc(C)cc3)CC12c1ccccc1. The fourth-order valence-electron chi connectivity index (χ4n) is 4.61. The highest BCUT2D eigenvalue weighted by Crippen LogP contribution is 2.51. The Bertz CT molecular complexity index is 1140. The van der Waals surface area contributed by atoms with E-state index >= 15 is 0 Å². The first kappa shape index (κ1) is 20.3. The highest BCUT2D eigenvalue weighted by Gasteiger charge is 2.59. The second kappa shape index (κ2) is 8.17. The van der Waals surface area contributed by atoms with E-state index in [0.717, 1.165) is 16.8 Å². The van der Waals surface area contributed by atoms with E-state index in [1.54, 1.807) is 0 Å². The normalized spacial score (nSPS) is 20.2. The number of esters is 1. The molecule has 5 nitrogen and oxygen atoms in total. The Morgan fingerprint density at radius 1 is 0.969 bits per heavy atom. The quantitative estimate of drug-likeness (QED) is 0.544. The highest BCUT2D eigenvalue weighted by atomic mass is 16.7. The van der Waals surface area contributed by atoms with Crippen molar-refractivity contribution in [1.82, 2.24) is 5.06 Å². The van der Waals surface area contributed by atoms with Gasteiger partial charge in [0.15, 0.2) is 5.76 Å². The summed E-state index contributed by atoms with van der Waals surface area (Å²) >= 11 is 0. The summed E-state index contributed by atoms with van der Waals surface area (Å²) < 4.78 is 5.57. The van der Waals surface area contributed by atoms with Gasteiger partial charge in [-0.1, -0.05) is 78.4 Å². The van der Waals surface area contributed by atoms with Crippen molar-refractivity contribution in [2.24, 2.45) is 0 Å². The first-order valence-corrected chi connectivity index (χ1v) is 10.9. The number of carbonyl (C=O) groups is 1. The molecule has 1 saturated heterocycles. The van der Waals surface area contributed by atoms with E-state index in [-0.39, 0.29) is 5.97 Å². The number of hydroxylamine groups is 2. The topological polar surface area (TPSA) is 42.0 Å². The van der Waals surface area contributed by atoms with Gasteiger partial charge in [0.05, 0.1) is 6.61 Å². The third kappa shape index (κ3) is 3.26. The average molecular weight is 427 g/mol. The van der Waals surface area contributed by atoms with Gasteiger partial charge >= 0.3 is 5.97 Å². The van der Waals surface area contributed by atoms with Crippen LogP contribution in [0.4, 0.5) is 5.69 Å². The van der Waals surface area contributed by atoms with Crippen molar-refractivity contribution in [2.75, 3.05) is 24.7 Å². The number of fused-ring (bicyclic) bond motifs is 1. The van der Waals surface area contributed by atoms with E-state index in [1.807, 2.05) is 60.5 Å². The van der Waals surface area contributed by atoms with Gasteiger partial charge in [-0.3, -0.25) is 0 Å². The Morgan fingerprint density at radius 2 is 1.62 bits per heavy atom. The van der Waals surface area contributed by atoms with Gasteiger partial charge in [0.25, 0.3) is 0 Å². The summed E-state index contributed by atoms with van der Waals surface area (Å²) in [6.07, 6.45) is 0. The molecular formula is C27H26N2O3. The minimum Gasteiger partial charge on any atom is -0.462 e. The van der Waals surface area contributed by atoms with Crippen molar-refractivity contribution in [1.29, 1.82) is 0 Å².